The summed E-state index contributed by atoms with van der Waals surface area (Å²) in [4.78, 5) is 24.6. The highest BCUT2D eigenvalue weighted by Gasteiger charge is 2.18. The van der Waals surface area contributed by atoms with Gasteiger partial charge in [0.1, 0.15) is 0 Å². The summed E-state index contributed by atoms with van der Waals surface area (Å²) in [6.07, 6.45) is 86.4. The molecule has 0 bridgehead atoms. The first-order valence-corrected chi connectivity index (χ1v) is 35.3. The molecule has 6 nitrogen and oxygen atoms in total. The fourth-order valence-electron chi connectivity index (χ4n) is 11.0. The molecule has 0 spiro atoms. The molecule has 0 aliphatic heterocycles. The number of ether oxygens (including phenoxy) is 1. The quantitative estimate of drug-likeness (QED) is 0.0320. The van der Waals surface area contributed by atoms with Crippen LogP contribution in [0.15, 0.2) is 36.5 Å². The third-order valence-electron chi connectivity index (χ3n) is 16.4. The van der Waals surface area contributed by atoms with E-state index in [1.165, 1.54) is 308 Å². The number of nitrogens with one attached hydrogen (secondary N) is 1. The molecule has 0 radical (unpaired) electrons. The lowest BCUT2D eigenvalue weighted by molar-refractivity contribution is -0.143. The minimum Gasteiger partial charge on any atom is -0.466 e. The number of carbonyl (C=O) groups excluding carboxylic acids is 2. The van der Waals surface area contributed by atoms with E-state index in [-0.39, 0.29) is 18.5 Å². The summed E-state index contributed by atoms with van der Waals surface area (Å²) in [5, 5.41) is 23.3. The minimum atomic E-state index is -0.848. The summed E-state index contributed by atoms with van der Waals surface area (Å²) in [7, 11) is 0. The molecule has 0 aliphatic carbocycles. The summed E-state index contributed by atoms with van der Waals surface area (Å²) in [5.74, 6) is -0.0593. The molecular weight excluding hydrogens is 959 g/mol. The highest BCUT2D eigenvalue weighted by molar-refractivity contribution is 5.76. The lowest BCUT2D eigenvalue weighted by Crippen LogP contribution is -2.45. The van der Waals surface area contributed by atoms with Gasteiger partial charge in [0, 0.05) is 12.8 Å². The highest BCUT2D eigenvalue weighted by Crippen LogP contribution is 2.19. The van der Waals surface area contributed by atoms with Crippen LogP contribution >= 0.6 is 0 Å². The van der Waals surface area contributed by atoms with Crippen molar-refractivity contribution in [3.8, 4) is 0 Å². The number of allylic oxidation sites excluding steroid dienone is 5. The monoisotopic (exact) mass is 1100 g/mol. The Labute approximate surface area is 487 Å². The number of unbranched alkanes of at least 4 members (excludes halogenated alkanes) is 51. The summed E-state index contributed by atoms with van der Waals surface area (Å²) in [6, 6.07) is -0.631. The van der Waals surface area contributed by atoms with Gasteiger partial charge >= 0.3 is 5.97 Å². The Kier molecular flexibility index (Phi) is 65.9. The third kappa shape index (κ3) is 63.3. The van der Waals surface area contributed by atoms with E-state index in [1.807, 2.05) is 6.08 Å². The molecule has 3 N–H and O–H groups in total. The van der Waals surface area contributed by atoms with Crippen molar-refractivity contribution >= 4 is 11.9 Å². The van der Waals surface area contributed by atoms with Crippen molar-refractivity contribution in [2.45, 2.75) is 398 Å². The van der Waals surface area contributed by atoms with Crippen molar-refractivity contribution in [2.24, 2.45) is 0 Å². The molecule has 1 amide bonds. The lowest BCUT2D eigenvalue weighted by atomic mass is 10.0. The van der Waals surface area contributed by atoms with Gasteiger partial charge < -0.3 is 20.3 Å². The molecule has 0 aromatic carbocycles. The number of hydrogen-bond donors (Lipinski definition) is 3. The smallest absolute Gasteiger partial charge is 0.305 e. The second-order valence-corrected chi connectivity index (χ2v) is 24.2. The SMILES string of the molecule is CCCCC/C=C\C/C=C\CCCCCCCCCCCC(=O)OCCCCCCCCCCCCCCCCCCCCCCC(=O)NC(CO)C(O)/C=C/CCCCCCCCCCCCCCCCCCCCCC. The fourth-order valence-corrected chi connectivity index (χ4v) is 11.0. The molecule has 6 heteroatoms. The van der Waals surface area contributed by atoms with Gasteiger partial charge in [-0.1, -0.05) is 346 Å². The average molecular weight is 1100 g/mol. The first-order chi connectivity index (χ1) is 38.5. The topological polar surface area (TPSA) is 95.9 Å². The van der Waals surface area contributed by atoms with Gasteiger partial charge in [-0.05, 0) is 64.2 Å². The van der Waals surface area contributed by atoms with Crippen LogP contribution < -0.4 is 5.32 Å². The standard InChI is InChI=1S/C72H137NO5/c1-3-5-7-9-11-13-15-17-19-21-23-24-25-29-32-36-40-44-48-52-56-60-64-70(75)69(68-74)73-71(76)65-61-57-53-49-45-41-37-33-30-26-27-31-35-39-43-47-51-55-59-63-67-78-72(77)66-62-58-54-50-46-42-38-34-28-22-20-18-16-14-12-10-8-6-4-2/h12,14,18,20,60,64,69-70,74-75H,3-11,13,15-17,19,21-59,61-63,65-68H2,1-2H3,(H,73,76)/b14-12-,20-18-,64-60+. The predicted octanol–water partition coefficient (Wildman–Crippen LogP) is 22.7. The highest BCUT2D eigenvalue weighted by atomic mass is 16.5. The van der Waals surface area contributed by atoms with Crippen molar-refractivity contribution < 1.29 is 24.5 Å². The van der Waals surface area contributed by atoms with Crippen LogP contribution in [0.3, 0.4) is 0 Å². The first-order valence-electron chi connectivity index (χ1n) is 35.3. The molecule has 78 heavy (non-hydrogen) atoms. The van der Waals surface area contributed by atoms with E-state index in [0.29, 0.717) is 19.4 Å². The fraction of sp³-hybridized carbons (Fsp3) is 0.889. The number of hydrogen-bond acceptors (Lipinski definition) is 5. The van der Waals surface area contributed by atoms with Crippen molar-refractivity contribution in [1.82, 2.24) is 5.32 Å². The Bertz CT molecular complexity index is 1260. The number of amides is 1. The Morgan fingerprint density at radius 3 is 1.00 bits per heavy atom. The van der Waals surface area contributed by atoms with Gasteiger partial charge in [0.05, 0.1) is 25.4 Å². The molecule has 0 aliphatic rings. The average Bonchev–Trinajstić information content (AvgIpc) is 3.44. The zero-order valence-corrected chi connectivity index (χ0v) is 52.7. The van der Waals surface area contributed by atoms with E-state index in [1.54, 1.807) is 6.08 Å². The molecule has 0 saturated heterocycles. The van der Waals surface area contributed by atoms with Crippen LogP contribution in [-0.4, -0.2) is 47.4 Å². The van der Waals surface area contributed by atoms with Gasteiger partial charge in [0.2, 0.25) is 5.91 Å². The van der Waals surface area contributed by atoms with Crippen LogP contribution in [0.2, 0.25) is 0 Å². The number of carbonyl (C=O) groups is 2. The Balaban J connectivity index is 3.41. The van der Waals surface area contributed by atoms with Gasteiger partial charge in [-0.15, -0.1) is 0 Å². The number of aliphatic hydroxyl groups is 2. The molecule has 0 saturated carbocycles. The Morgan fingerprint density at radius 1 is 0.359 bits per heavy atom. The van der Waals surface area contributed by atoms with Crippen LogP contribution in [-0.2, 0) is 14.3 Å². The van der Waals surface area contributed by atoms with E-state index in [2.05, 4.69) is 43.5 Å². The van der Waals surface area contributed by atoms with Crippen LogP contribution in [0.4, 0.5) is 0 Å². The van der Waals surface area contributed by atoms with E-state index in [0.717, 1.165) is 51.4 Å². The van der Waals surface area contributed by atoms with Gasteiger partial charge in [0.25, 0.3) is 0 Å². The molecular formula is C72H137NO5. The van der Waals surface area contributed by atoms with E-state index < -0.39 is 12.1 Å². The maximum absolute atomic E-state index is 12.5. The van der Waals surface area contributed by atoms with Gasteiger partial charge in [0.15, 0.2) is 0 Å². The largest absolute Gasteiger partial charge is 0.466 e. The molecule has 2 atom stereocenters. The van der Waals surface area contributed by atoms with Gasteiger partial charge in [-0.2, -0.15) is 0 Å². The summed E-state index contributed by atoms with van der Waals surface area (Å²) >= 11 is 0. The van der Waals surface area contributed by atoms with E-state index in [9.17, 15) is 19.8 Å². The molecule has 0 aromatic heterocycles. The van der Waals surface area contributed by atoms with Crippen molar-refractivity contribution in [3.05, 3.63) is 36.5 Å². The number of esters is 1. The van der Waals surface area contributed by atoms with Crippen LogP contribution in [0.25, 0.3) is 0 Å². The van der Waals surface area contributed by atoms with Crippen LogP contribution in [0.5, 0.6) is 0 Å². The van der Waals surface area contributed by atoms with Gasteiger partial charge in [-0.25, -0.2) is 0 Å². The van der Waals surface area contributed by atoms with E-state index >= 15 is 0 Å². The normalized spacial score (nSPS) is 12.7. The minimum absolute atomic E-state index is 0.00688. The first kappa shape index (κ1) is 76.1. The maximum Gasteiger partial charge on any atom is 0.305 e. The third-order valence-corrected chi connectivity index (χ3v) is 16.4. The number of rotatable bonds is 66. The predicted molar refractivity (Wildman–Crippen MR) is 343 cm³/mol. The summed E-state index contributed by atoms with van der Waals surface area (Å²) in [6.45, 7) is 4.91. The Hall–Kier alpha value is -1.92. The van der Waals surface area contributed by atoms with Crippen molar-refractivity contribution in [2.75, 3.05) is 13.2 Å². The maximum atomic E-state index is 12.5. The lowest BCUT2D eigenvalue weighted by Gasteiger charge is -2.20. The molecule has 0 fully saturated rings. The zero-order chi connectivity index (χ0) is 56.4. The van der Waals surface area contributed by atoms with Crippen LogP contribution in [0.1, 0.15) is 386 Å². The molecule has 0 rings (SSSR count). The summed E-state index contributed by atoms with van der Waals surface area (Å²) in [5.41, 5.74) is 0. The zero-order valence-electron chi connectivity index (χ0n) is 52.7. The molecule has 0 aromatic rings. The van der Waals surface area contributed by atoms with Crippen molar-refractivity contribution in [3.63, 3.8) is 0 Å². The molecule has 0 heterocycles. The molecule has 2 unspecified atom stereocenters. The summed E-state index contributed by atoms with van der Waals surface area (Å²) < 4.78 is 5.50. The van der Waals surface area contributed by atoms with Crippen molar-refractivity contribution in [1.29, 1.82) is 0 Å². The van der Waals surface area contributed by atoms with Crippen LogP contribution in [0, 0.1) is 0 Å². The van der Waals surface area contributed by atoms with Gasteiger partial charge in [-0.3, -0.25) is 9.59 Å². The number of aliphatic hydroxyl groups excluding tert-OH is 2. The second-order valence-electron chi connectivity index (χ2n) is 24.2. The molecule has 460 valence electrons. The Morgan fingerprint density at radius 2 is 0.641 bits per heavy atom. The second kappa shape index (κ2) is 67.6. The van der Waals surface area contributed by atoms with E-state index in [4.69, 9.17) is 4.74 Å².